The zero-order chi connectivity index (χ0) is 7.94. The van der Waals surface area contributed by atoms with Crippen LogP contribution in [0.15, 0.2) is 0 Å². The average molecular weight is 145 g/mol. The molecule has 2 atom stereocenters. The van der Waals surface area contributed by atoms with Crippen molar-refractivity contribution < 1.29 is 15.1 Å². The monoisotopic (exact) mass is 145 g/mol. The van der Waals surface area contributed by atoms with Crippen molar-refractivity contribution in [2.45, 2.75) is 19.9 Å². The molecule has 1 saturated carbocycles. The first kappa shape index (κ1) is 7.50. The van der Waals surface area contributed by atoms with E-state index in [1.165, 1.54) is 0 Å². The molecule has 0 saturated heterocycles. The van der Waals surface area contributed by atoms with E-state index in [4.69, 9.17) is 10.3 Å². The predicted molar refractivity (Wildman–Crippen MR) is 33.6 cm³/mol. The Kier molecular flexibility index (Phi) is 1.45. The van der Waals surface area contributed by atoms with Crippen LogP contribution in [0.5, 0.6) is 0 Å². The maximum absolute atomic E-state index is 10.4. The summed E-state index contributed by atoms with van der Waals surface area (Å²) in [4.78, 5) is 10.4. The molecule has 3 N–H and O–H groups in total. The van der Waals surface area contributed by atoms with E-state index in [1.807, 2.05) is 5.48 Å². The van der Waals surface area contributed by atoms with Crippen LogP contribution in [0.3, 0.4) is 0 Å². The number of rotatable bonds is 2. The van der Waals surface area contributed by atoms with Crippen molar-refractivity contribution in [2.24, 2.45) is 11.3 Å². The van der Waals surface area contributed by atoms with Gasteiger partial charge in [0.15, 0.2) is 0 Å². The van der Waals surface area contributed by atoms with E-state index in [0.717, 1.165) is 0 Å². The summed E-state index contributed by atoms with van der Waals surface area (Å²) in [6.07, 6.45) is 0. The SMILES string of the molecule is CC1(C)C(NO)C1C(=O)O. The largest absolute Gasteiger partial charge is 0.481 e. The third-order valence-corrected chi connectivity index (χ3v) is 2.23. The molecular formula is C6H11NO3. The highest BCUT2D eigenvalue weighted by atomic mass is 16.5. The summed E-state index contributed by atoms with van der Waals surface area (Å²) < 4.78 is 0. The fourth-order valence-corrected chi connectivity index (χ4v) is 1.34. The summed E-state index contributed by atoms with van der Waals surface area (Å²) in [5.74, 6) is -1.30. The molecule has 0 radical (unpaired) electrons. The second-order valence-electron chi connectivity index (χ2n) is 3.24. The molecule has 1 aliphatic carbocycles. The molecule has 0 aliphatic heterocycles. The molecule has 4 nitrogen and oxygen atoms in total. The molecule has 0 bridgehead atoms. The highest BCUT2D eigenvalue weighted by molar-refractivity contribution is 5.76. The number of carbonyl (C=O) groups is 1. The van der Waals surface area contributed by atoms with Crippen LogP contribution in [0.4, 0.5) is 0 Å². The van der Waals surface area contributed by atoms with Gasteiger partial charge in [0.2, 0.25) is 0 Å². The van der Waals surface area contributed by atoms with Gasteiger partial charge in [-0.05, 0) is 5.41 Å². The molecule has 0 aromatic rings. The molecule has 2 unspecified atom stereocenters. The number of nitrogens with one attached hydrogen (secondary N) is 1. The summed E-state index contributed by atoms with van der Waals surface area (Å²) in [6.45, 7) is 3.61. The molecule has 0 aromatic heterocycles. The number of carboxylic acid groups (broad SMARTS) is 1. The molecule has 1 rings (SSSR count). The Bertz CT molecular complexity index is 166. The number of hydroxylamine groups is 1. The molecule has 0 spiro atoms. The minimum absolute atomic E-state index is 0.287. The molecule has 10 heavy (non-hydrogen) atoms. The van der Waals surface area contributed by atoms with Gasteiger partial charge >= 0.3 is 5.97 Å². The summed E-state index contributed by atoms with van der Waals surface area (Å²) in [5.41, 5.74) is 1.67. The summed E-state index contributed by atoms with van der Waals surface area (Å²) in [5, 5.41) is 17.0. The van der Waals surface area contributed by atoms with Crippen LogP contribution >= 0.6 is 0 Å². The van der Waals surface area contributed by atoms with Crippen molar-refractivity contribution in [1.82, 2.24) is 5.48 Å². The molecule has 4 heteroatoms. The van der Waals surface area contributed by atoms with E-state index in [2.05, 4.69) is 0 Å². The van der Waals surface area contributed by atoms with E-state index in [0.29, 0.717) is 0 Å². The van der Waals surface area contributed by atoms with Crippen molar-refractivity contribution in [3.05, 3.63) is 0 Å². The maximum atomic E-state index is 10.4. The summed E-state index contributed by atoms with van der Waals surface area (Å²) >= 11 is 0. The smallest absolute Gasteiger partial charge is 0.308 e. The van der Waals surface area contributed by atoms with Gasteiger partial charge < -0.3 is 10.3 Å². The quantitative estimate of drug-likeness (QED) is 0.481. The van der Waals surface area contributed by atoms with Gasteiger partial charge in [-0.3, -0.25) is 4.79 Å². The lowest BCUT2D eigenvalue weighted by Crippen LogP contribution is -2.16. The van der Waals surface area contributed by atoms with Gasteiger partial charge in [-0.2, -0.15) is 0 Å². The van der Waals surface area contributed by atoms with E-state index < -0.39 is 11.9 Å². The van der Waals surface area contributed by atoms with Crippen LogP contribution in [-0.4, -0.2) is 22.3 Å². The Balaban J connectivity index is 2.61. The van der Waals surface area contributed by atoms with Gasteiger partial charge in [-0.15, -0.1) is 0 Å². The van der Waals surface area contributed by atoms with Gasteiger partial charge in [0.05, 0.1) is 12.0 Å². The Morgan fingerprint density at radius 1 is 1.60 bits per heavy atom. The van der Waals surface area contributed by atoms with Crippen molar-refractivity contribution in [2.75, 3.05) is 0 Å². The lowest BCUT2D eigenvalue weighted by Gasteiger charge is -1.96. The Hall–Kier alpha value is -0.610. The second kappa shape index (κ2) is 1.93. The van der Waals surface area contributed by atoms with Gasteiger partial charge in [0, 0.05) is 0 Å². The fraction of sp³-hybridized carbons (Fsp3) is 0.833. The number of hydrogen-bond donors (Lipinski definition) is 3. The van der Waals surface area contributed by atoms with Crippen molar-refractivity contribution in [1.29, 1.82) is 0 Å². The average Bonchev–Trinajstić information content (AvgIpc) is 2.33. The van der Waals surface area contributed by atoms with Crippen LogP contribution in [0.1, 0.15) is 13.8 Å². The molecule has 0 amide bonds. The van der Waals surface area contributed by atoms with Crippen LogP contribution in [-0.2, 0) is 4.79 Å². The topological polar surface area (TPSA) is 69.6 Å². The number of hydrogen-bond acceptors (Lipinski definition) is 3. The lowest BCUT2D eigenvalue weighted by atomic mass is 10.1. The number of aliphatic carboxylic acids is 1. The standard InChI is InChI=1S/C6H11NO3/c1-6(2)3(5(8)9)4(6)7-10/h3-4,7,10H,1-2H3,(H,8,9). The van der Waals surface area contributed by atoms with E-state index in [9.17, 15) is 4.79 Å². The first-order valence-electron chi connectivity index (χ1n) is 3.14. The highest BCUT2D eigenvalue weighted by Crippen LogP contribution is 2.51. The molecular weight excluding hydrogens is 134 g/mol. The van der Waals surface area contributed by atoms with E-state index in [1.54, 1.807) is 13.8 Å². The van der Waals surface area contributed by atoms with Gasteiger partial charge in [-0.1, -0.05) is 13.8 Å². The first-order valence-corrected chi connectivity index (χ1v) is 3.14. The molecule has 0 aromatic carbocycles. The summed E-state index contributed by atoms with van der Waals surface area (Å²) in [6, 6.07) is -0.287. The minimum Gasteiger partial charge on any atom is -0.481 e. The summed E-state index contributed by atoms with van der Waals surface area (Å²) in [7, 11) is 0. The Morgan fingerprint density at radius 3 is 2.20 bits per heavy atom. The lowest BCUT2D eigenvalue weighted by molar-refractivity contribution is -0.139. The highest BCUT2D eigenvalue weighted by Gasteiger charge is 2.62. The van der Waals surface area contributed by atoms with E-state index >= 15 is 0 Å². The predicted octanol–water partition coefficient (Wildman–Crippen LogP) is 0.0744. The van der Waals surface area contributed by atoms with Gasteiger partial charge in [0.25, 0.3) is 0 Å². The van der Waals surface area contributed by atoms with Crippen LogP contribution in [0, 0.1) is 11.3 Å². The van der Waals surface area contributed by atoms with Crippen LogP contribution in [0.2, 0.25) is 0 Å². The van der Waals surface area contributed by atoms with Gasteiger partial charge in [0.1, 0.15) is 0 Å². The fourth-order valence-electron chi connectivity index (χ4n) is 1.34. The van der Waals surface area contributed by atoms with Crippen molar-refractivity contribution in [3.63, 3.8) is 0 Å². The van der Waals surface area contributed by atoms with E-state index in [-0.39, 0.29) is 11.5 Å². The van der Waals surface area contributed by atoms with Gasteiger partial charge in [-0.25, -0.2) is 5.48 Å². The normalized spacial score (nSPS) is 35.5. The Morgan fingerprint density at radius 2 is 2.10 bits per heavy atom. The number of carboxylic acids is 1. The molecule has 58 valence electrons. The third-order valence-electron chi connectivity index (χ3n) is 2.23. The Labute approximate surface area is 58.8 Å². The molecule has 1 aliphatic rings. The zero-order valence-electron chi connectivity index (χ0n) is 5.96. The van der Waals surface area contributed by atoms with Crippen LogP contribution in [0.25, 0.3) is 0 Å². The zero-order valence-corrected chi connectivity index (χ0v) is 5.96. The molecule has 0 heterocycles. The molecule has 1 fully saturated rings. The second-order valence-corrected chi connectivity index (χ2v) is 3.24. The van der Waals surface area contributed by atoms with Crippen molar-refractivity contribution >= 4 is 5.97 Å². The maximum Gasteiger partial charge on any atom is 0.308 e. The van der Waals surface area contributed by atoms with Crippen molar-refractivity contribution in [3.8, 4) is 0 Å². The van der Waals surface area contributed by atoms with Crippen LogP contribution < -0.4 is 5.48 Å². The minimum atomic E-state index is -0.850. The third kappa shape index (κ3) is 0.803. The first-order chi connectivity index (χ1) is 4.51.